The van der Waals surface area contributed by atoms with Gasteiger partial charge in [-0.25, -0.2) is 0 Å². The van der Waals surface area contributed by atoms with Crippen molar-refractivity contribution in [3.63, 3.8) is 0 Å². The Kier molecular flexibility index (Phi) is 4.13. The molecule has 0 aliphatic heterocycles. The van der Waals surface area contributed by atoms with Crippen molar-refractivity contribution < 1.29 is 4.74 Å². The molecule has 0 atom stereocenters. The van der Waals surface area contributed by atoms with Crippen molar-refractivity contribution in [3.8, 4) is 0 Å². The first-order valence-corrected chi connectivity index (χ1v) is 7.06. The lowest BCUT2D eigenvalue weighted by molar-refractivity contribution is 0.00299. The molecule has 0 heterocycles. The number of anilines is 1. The van der Waals surface area contributed by atoms with Gasteiger partial charge in [-0.05, 0) is 50.3 Å². The van der Waals surface area contributed by atoms with Gasteiger partial charge >= 0.3 is 0 Å². The van der Waals surface area contributed by atoms with Crippen LogP contribution in [0.2, 0.25) is 0 Å². The molecule has 0 unspecified atom stereocenters. The van der Waals surface area contributed by atoms with Crippen molar-refractivity contribution >= 4 is 17.4 Å². The Morgan fingerprint density at radius 1 is 1.31 bits per heavy atom. The van der Waals surface area contributed by atoms with Crippen molar-refractivity contribution in [1.29, 1.82) is 0 Å². The van der Waals surface area contributed by atoms with Crippen molar-refractivity contribution in [1.82, 2.24) is 0 Å². The van der Waals surface area contributed by atoms with E-state index in [-0.39, 0.29) is 0 Å². The van der Waals surface area contributed by atoms with E-state index in [4.69, 9.17) is 4.74 Å². The number of nitrogens with one attached hydrogen (secondary N) is 1. The zero-order valence-corrected chi connectivity index (χ0v) is 10.7. The van der Waals surface area contributed by atoms with Gasteiger partial charge in [-0.15, -0.1) is 11.8 Å². The molecule has 1 aliphatic carbocycles. The number of hydrogen-bond donors (Lipinski definition) is 1. The summed E-state index contributed by atoms with van der Waals surface area (Å²) in [5.74, 6) is 0. The molecule has 0 saturated heterocycles. The normalized spacial score (nSPS) is 23.9. The molecule has 1 fully saturated rings. The van der Waals surface area contributed by atoms with E-state index in [2.05, 4.69) is 42.8 Å². The molecule has 0 amide bonds. The van der Waals surface area contributed by atoms with Gasteiger partial charge in [-0.2, -0.15) is 0 Å². The van der Waals surface area contributed by atoms with Gasteiger partial charge in [-0.3, -0.25) is 0 Å². The molecule has 0 aromatic heterocycles. The monoisotopic (exact) mass is 237 g/mol. The molecular formula is C13H19NOS. The summed E-state index contributed by atoms with van der Waals surface area (Å²) in [7, 11) is 0. The Morgan fingerprint density at radius 3 is 2.56 bits per heavy atom. The fourth-order valence-electron chi connectivity index (χ4n) is 1.98. The maximum atomic E-state index is 5.54. The molecule has 2 nitrogen and oxygen atoms in total. The first kappa shape index (κ1) is 11.8. The molecule has 1 saturated carbocycles. The van der Waals surface area contributed by atoms with Gasteiger partial charge in [0.1, 0.15) is 0 Å². The van der Waals surface area contributed by atoms with Crippen LogP contribution in [0, 0.1) is 0 Å². The highest BCUT2D eigenvalue weighted by Gasteiger charge is 2.29. The van der Waals surface area contributed by atoms with Crippen LogP contribution in [0.3, 0.4) is 0 Å². The van der Waals surface area contributed by atoms with Crippen LogP contribution in [-0.2, 0) is 4.74 Å². The van der Waals surface area contributed by atoms with E-state index >= 15 is 0 Å². The summed E-state index contributed by atoms with van der Waals surface area (Å²) in [6, 6.07) is 9.22. The van der Waals surface area contributed by atoms with E-state index in [1.807, 2.05) is 0 Å². The van der Waals surface area contributed by atoms with Crippen LogP contribution in [0.1, 0.15) is 19.8 Å². The second kappa shape index (κ2) is 5.60. The Hall–Kier alpha value is -0.670. The molecule has 0 spiro atoms. The third kappa shape index (κ3) is 2.92. The zero-order valence-electron chi connectivity index (χ0n) is 9.90. The van der Waals surface area contributed by atoms with Crippen LogP contribution < -0.4 is 5.32 Å². The van der Waals surface area contributed by atoms with E-state index in [9.17, 15) is 0 Å². The smallest absolute Gasteiger partial charge is 0.0614 e. The van der Waals surface area contributed by atoms with E-state index < -0.39 is 0 Å². The number of rotatable bonds is 5. The molecule has 1 aromatic carbocycles. The Balaban J connectivity index is 1.78. The quantitative estimate of drug-likeness (QED) is 0.793. The van der Waals surface area contributed by atoms with Crippen molar-refractivity contribution in [3.05, 3.63) is 24.3 Å². The summed E-state index contributed by atoms with van der Waals surface area (Å²) in [6.07, 6.45) is 4.85. The van der Waals surface area contributed by atoms with Gasteiger partial charge in [0.25, 0.3) is 0 Å². The van der Waals surface area contributed by atoms with Crippen LogP contribution in [-0.4, -0.2) is 25.0 Å². The summed E-state index contributed by atoms with van der Waals surface area (Å²) >= 11 is 1.78. The molecule has 0 radical (unpaired) electrons. The van der Waals surface area contributed by atoms with E-state index in [0.717, 1.165) is 19.4 Å². The molecule has 16 heavy (non-hydrogen) atoms. The fraction of sp³-hybridized carbons (Fsp3) is 0.538. The molecular weight excluding hydrogens is 218 g/mol. The Morgan fingerprint density at radius 2 is 2.00 bits per heavy atom. The van der Waals surface area contributed by atoms with Gasteiger partial charge in [-0.1, -0.05) is 0 Å². The van der Waals surface area contributed by atoms with E-state index in [1.54, 1.807) is 11.8 Å². The van der Waals surface area contributed by atoms with Crippen LogP contribution in [0.4, 0.5) is 5.69 Å². The molecule has 0 bridgehead atoms. The maximum Gasteiger partial charge on any atom is 0.0614 e. The van der Waals surface area contributed by atoms with Gasteiger partial charge < -0.3 is 10.1 Å². The second-order valence-electron chi connectivity index (χ2n) is 4.12. The lowest BCUT2D eigenvalue weighted by Crippen LogP contribution is -2.40. The second-order valence-corrected chi connectivity index (χ2v) is 5.00. The summed E-state index contributed by atoms with van der Waals surface area (Å²) in [5.41, 5.74) is 1.22. The number of ether oxygens (including phenoxy) is 1. The van der Waals surface area contributed by atoms with Gasteiger partial charge in [0.2, 0.25) is 0 Å². The van der Waals surface area contributed by atoms with Crippen molar-refractivity contribution in [2.45, 2.75) is 36.8 Å². The predicted molar refractivity (Wildman–Crippen MR) is 70.3 cm³/mol. The average molecular weight is 237 g/mol. The van der Waals surface area contributed by atoms with E-state index in [0.29, 0.717) is 12.1 Å². The van der Waals surface area contributed by atoms with Crippen LogP contribution in [0.5, 0.6) is 0 Å². The number of benzene rings is 1. The number of hydrogen-bond acceptors (Lipinski definition) is 3. The predicted octanol–water partition coefficient (Wildman–Crippen LogP) is 3.39. The highest BCUT2D eigenvalue weighted by atomic mass is 32.2. The molecule has 88 valence electrons. The summed E-state index contributed by atoms with van der Waals surface area (Å²) in [4.78, 5) is 1.31. The van der Waals surface area contributed by atoms with Gasteiger partial charge in [0.05, 0.1) is 6.10 Å². The van der Waals surface area contributed by atoms with Crippen LogP contribution in [0.15, 0.2) is 29.2 Å². The van der Waals surface area contributed by atoms with Crippen molar-refractivity contribution in [2.24, 2.45) is 0 Å². The average Bonchev–Trinajstić information content (AvgIpc) is 2.27. The summed E-state index contributed by atoms with van der Waals surface area (Å²) in [5, 5.41) is 3.53. The lowest BCUT2D eigenvalue weighted by atomic mass is 9.89. The van der Waals surface area contributed by atoms with Gasteiger partial charge in [0.15, 0.2) is 0 Å². The highest BCUT2D eigenvalue weighted by molar-refractivity contribution is 7.98. The topological polar surface area (TPSA) is 21.3 Å². The molecule has 1 aromatic rings. The third-order valence-corrected chi connectivity index (χ3v) is 3.70. The maximum absolute atomic E-state index is 5.54. The molecule has 2 rings (SSSR count). The standard InChI is InChI=1S/C13H19NOS/c1-3-15-12-8-11(9-12)14-10-4-6-13(16-2)7-5-10/h4-7,11-12,14H,3,8-9H2,1-2H3. The molecule has 3 heteroatoms. The van der Waals surface area contributed by atoms with E-state index in [1.165, 1.54) is 10.6 Å². The Bertz CT molecular complexity index is 319. The number of thioether (sulfide) groups is 1. The zero-order chi connectivity index (χ0) is 11.4. The Labute approximate surface area is 102 Å². The largest absolute Gasteiger partial charge is 0.382 e. The third-order valence-electron chi connectivity index (χ3n) is 2.96. The summed E-state index contributed by atoms with van der Waals surface area (Å²) < 4.78 is 5.54. The van der Waals surface area contributed by atoms with Crippen molar-refractivity contribution in [2.75, 3.05) is 18.2 Å². The van der Waals surface area contributed by atoms with Crippen LogP contribution >= 0.6 is 11.8 Å². The fourth-order valence-corrected chi connectivity index (χ4v) is 2.39. The van der Waals surface area contributed by atoms with Gasteiger partial charge in [0, 0.05) is 23.2 Å². The minimum absolute atomic E-state index is 0.480. The lowest BCUT2D eigenvalue weighted by Gasteiger charge is -2.36. The minimum Gasteiger partial charge on any atom is -0.382 e. The first-order chi connectivity index (χ1) is 7.81. The summed E-state index contributed by atoms with van der Waals surface area (Å²) in [6.45, 7) is 2.89. The SMILES string of the molecule is CCOC1CC(Nc2ccc(SC)cc2)C1. The molecule has 1 aliphatic rings. The molecule has 1 N–H and O–H groups in total. The van der Waals surface area contributed by atoms with Crippen LogP contribution in [0.25, 0.3) is 0 Å². The first-order valence-electron chi connectivity index (χ1n) is 5.84. The highest BCUT2D eigenvalue weighted by Crippen LogP contribution is 2.27. The minimum atomic E-state index is 0.480.